The summed E-state index contributed by atoms with van der Waals surface area (Å²) in [7, 11) is 0. The second-order valence-corrected chi connectivity index (χ2v) is 3.22. The van der Waals surface area contributed by atoms with Gasteiger partial charge in [-0.2, -0.15) is 5.48 Å². The van der Waals surface area contributed by atoms with Gasteiger partial charge in [0.25, 0.3) is 0 Å². The second kappa shape index (κ2) is 6.62. The highest BCUT2D eigenvalue weighted by atomic mass is 19.1. The summed E-state index contributed by atoms with van der Waals surface area (Å²) in [6.07, 6.45) is 0. The molecule has 0 aliphatic carbocycles. The zero-order valence-corrected chi connectivity index (χ0v) is 9.20. The molecular weight excluding hydrogens is 248 g/mol. The third-order valence-corrected chi connectivity index (χ3v) is 1.78. The highest BCUT2D eigenvalue weighted by molar-refractivity contribution is 5.92. The number of anilines is 1. The van der Waals surface area contributed by atoms with E-state index in [1.54, 1.807) is 0 Å². The number of benzene rings is 1. The van der Waals surface area contributed by atoms with Crippen LogP contribution in [0.2, 0.25) is 0 Å². The third kappa shape index (κ3) is 4.44. The minimum Gasteiger partial charge on any atom is -0.368 e. The van der Waals surface area contributed by atoms with Crippen LogP contribution in [0.15, 0.2) is 18.2 Å². The Bertz CT molecular complexity index is 434. The third-order valence-electron chi connectivity index (χ3n) is 1.78. The van der Waals surface area contributed by atoms with E-state index in [4.69, 9.17) is 5.73 Å². The summed E-state index contributed by atoms with van der Waals surface area (Å²) in [6, 6.07) is 3.19. The number of hydrogen-bond donors (Lipinski definition) is 3. The van der Waals surface area contributed by atoms with E-state index in [1.165, 1.54) is 6.07 Å². The fourth-order valence-corrected chi connectivity index (χ4v) is 1.04. The van der Waals surface area contributed by atoms with Gasteiger partial charge in [-0.1, -0.05) is 6.07 Å². The van der Waals surface area contributed by atoms with Crippen LogP contribution in [0, 0.1) is 11.6 Å². The van der Waals surface area contributed by atoms with Gasteiger partial charge in [0.2, 0.25) is 11.8 Å². The average Bonchev–Trinajstić information content (AvgIpc) is 2.29. The lowest BCUT2D eigenvalue weighted by Crippen LogP contribution is -2.31. The molecule has 0 heterocycles. The van der Waals surface area contributed by atoms with Crippen molar-refractivity contribution in [1.29, 1.82) is 0 Å². The number of hydroxylamine groups is 1. The minimum atomic E-state index is -0.888. The van der Waals surface area contributed by atoms with Crippen molar-refractivity contribution in [2.24, 2.45) is 5.73 Å². The number of hydrogen-bond acceptors (Lipinski definition) is 4. The van der Waals surface area contributed by atoms with E-state index in [-0.39, 0.29) is 6.54 Å². The lowest BCUT2D eigenvalue weighted by molar-refractivity contribution is -0.127. The molecule has 8 heteroatoms. The summed E-state index contributed by atoms with van der Waals surface area (Å²) in [5.41, 5.74) is 6.34. The molecule has 6 nitrogen and oxygen atoms in total. The van der Waals surface area contributed by atoms with Gasteiger partial charge in [-0.25, -0.2) is 8.78 Å². The molecule has 0 unspecified atom stereocenters. The van der Waals surface area contributed by atoms with E-state index in [9.17, 15) is 18.4 Å². The molecule has 2 amide bonds. The van der Waals surface area contributed by atoms with Crippen LogP contribution < -0.4 is 16.5 Å². The number of primary amides is 1. The molecule has 18 heavy (non-hydrogen) atoms. The first-order chi connectivity index (χ1) is 8.50. The molecule has 98 valence electrons. The van der Waals surface area contributed by atoms with Gasteiger partial charge in [-0.05, 0) is 12.1 Å². The van der Waals surface area contributed by atoms with Crippen LogP contribution in [-0.2, 0) is 14.4 Å². The highest BCUT2D eigenvalue weighted by Crippen LogP contribution is 2.17. The number of rotatable bonds is 6. The predicted octanol–water partition coefficient (Wildman–Crippen LogP) is -0.0902. The Morgan fingerprint density at radius 1 is 1.28 bits per heavy atom. The summed E-state index contributed by atoms with van der Waals surface area (Å²) in [5.74, 6) is -3.23. The van der Waals surface area contributed by atoms with Crippen molar-refractivity contribution in [2.45, 2.75) is 0 Å². The standard InChI is InChI=1S/C10H11F2N3O3/c11-6-2-1-3-7(12)10(6)15-9(17)4-14-18-5-8(13)16/h1-3,14H,4-5H2,(H2,13,16)(H,15,17). The molecule has 0 fully saturated rings. The molecular formula is C10H11F2N3O3. The van der Waals surface area contributed by atoms with Crippen LogP contribution in [0.3, 0.4) is 0 Å². The molecule has 0 saturated heterocycles. The van der Waals surface area contributed by atoms with Crippen molar-refractivity contribution in [3.8, 4) is 0 Å². The van der Waals surface area contributed by atoms with Gasteiger partial charge in [0, 0.05) is 0 Å². The lowest BCUT2D eigenvalue weighted by atomic mass is 10.3. The topological polar surface area (TPSA) is 93.5 Å². The van der Waals surface area contributed by atoms with E-state index in [0.29, 0.717) is 0 Å². The molecule has 0 atom stereocenters. The van der Waals surface area contributed by atoms with Crippen LogP contribution in [0.4, 0.5) is 14.5 Å². The normalized spacial score (nSPS) is 10.1. The molecule has 0 aliphatic rings. The molecule has 1 rings (SSSR count). The molecule has 0 saturated carbocycles. The van der Waals surface area contributed by atoms with Crippen molar-refractivity contribution >= 4 is 17.5 Å². The molecule has 1 aromatic rings. The summed E-state index contributed by atoms with van der Waals surface area (Å²) in [6.45, 7) is -0.803. The van der Waals surface area contributed by atoms with Gasteiger partial charge in [0.05, 0.1) is 0 Å². The number of para-hydroxylation sites is 1. The zero-order chi connectivity index (χ0) is 13.5. The minimum absolute atomic E-state index is 0.388. The summed E-state index contributed by atoms with van der Waals surface area (Å²) < 4.78 is 26.3. The van der Waals surface area contributed by atoms with Crippen molar-refractivity contribution in [3.63, 3.8) is 0 Å². The lowest BCUT2D eigenvalue weighted by Gasteiger charge is -2.08. The summed E-state index contributed by atoms with van der Waals surface area (Å²) >= 11 is 0. The molecule has 1 aromatic carbocycles. The SMILES string of the molecule is NC(=O)CONCC(=O)Nc1c(F)cccc1F. The van der Waals surface area contributed by atoms with E-state index >= 15 is 0 Å². The Balaban J connectivity index is 2.43. The van der Waals surface area contributed by atoms with Crippen LogP contribution in [0.5, 0.6) is 0 Å². The van der Waals surface area contributed by atoms with Crippen LogP contribution in [0.1, 0.15) is 0 Å². The first-order valence-electron chi connectivity index (χ1n) is 4.87. The van der Waals surface area contributed by atoms with Crippen LogP contribution in [0.25, 0.3) is 0 Å². The predicted molar refractivity (Wildman–Crippen MR) is 58.1 cm³/mol. The number of halogens is 2. The van der Waals surface area contributed by atoms with Gasteiger partial charge in [-0.15, -0.1) is 0 Å². The van der Waals surface area contributed by atoms with Gasteiger partial charge in [0.1, 0.15) is 30.5 Å². The summed E-state index contributed by atoms with van der Waals surface area (Å²) in [5, 5.41) is 2.02. The average molecular weight is 259 g/mol. The molecule has 4 N–H and O–H groups in total. The van der Waals surface area contributed by atoms with Crippen LogP contribution >= 0.6 is 0 Å². The van der Waals surface area contributed by atoms with E-state index in [0.717, 1.165) is 12.1 Å². The zero-order valence-electron chi connectivity index (χ0n) is 9.20. The smallest absolute Gasteiger partial charge is 0.245 e. The fourth-order valence-electron chi connectivity index (χ4n) is 1.04. The number of amides is 2. The summed E-state index contributed by atoms with van der Waals surface area (Å²) in [4.78, 5) is 26.0. The number of nitrogens with two attached hydrogens (primary N) is 1. The van der Waals surface area contributed by atoms with Crippen molar-refractivity contribution in [1.82, 2.24) is 5.48 Å². The Hall–Kier alpha value is -2.06. The largest absolute Gasteiger partial charge is 0.368 e. The number of carbonyl (C=O) groups is 2. The van der Waals surface area contributed by atoms with E-state index in [2.05, 4.69) is 10.3 Å². The maximum Gasteiger partial charge on any atom is 0.245 e. The molecule has 0 spiro atoms. The number of nitrogens with one attached hydrogen (secondary N) is 2. The van der Waals surface area contributed by atoms with Gasteiger partial charge in [-0.3, -0.25) is 14.4 Å². The first-order valence-corrected chi connectivity index (χ1v) is 4.87. The molecule has 0 aliphatic heterocycles. The number of carbonyl (C=O) groups excluding carboxylic acids is 2. The maximum atomic E-state index is 13.1. The van der Waals surface area contributed by atoms with Gasteiger partial charge in [0.15, 0.2) is 0 Å². The Kier molecular flexibility index (Phi) is 5.15. The van der Waals surface area contributed by atoms with Crippen molar-refractivity contribution in [3.05, 3.63) is 29.8 Å². The Labute approximate surface area is 101 Å². The maximum absolute atomic E-state index is 13.1. The molecule has 0 aromatic heterocycles. The molecule has 0 bridgehead atoms. The molecule has 0 radical (unpaired) electrons. The van der Waals surface area contributed by atoms with E-state index < -0.39 is 35.7 Å². The first kappa shape index (κ1) is 14.0. The Morgan fingerprint density at radius 2 is 1.89 bits per heavy atom. The fraction of sp³-hybridized carbons (Fsp3) is 0.200. The van der Waals surface area contributed by atoms with Crippen molar-refractivity contribution < 1.29 is 23.2 Å². The quantitative estimate of drug-likeness (QED) is 0.491. The Morgan fingerprint density at radius 3 is 2.44 bits per heavy atom. The van der Waals surface area contributed by atoms with Gasteiger partial charge < -0.3 is 11.1 Å². The highest BCUT2D eigenvalue weighted by Gasteiger charge is 2.11. The van der Waals surface area contributed by atoms with Crippen molar-refractivity contribution in [2.75, 3.05) is 18.5 Å². The second-order valence-electron chi connectivity index (χ2n) is 3.22. The van der Waals surface area contributed by atoms with Crippen LogP contribution in [-0.4, -0.2) is 25.0 Å². The van der Waals surface area contributed by atoms with Gasteiger partial charge >= 0.3 is 0 Å². The monoisotopic (exact) mass is 259 g/mol. The van der Waals surface area contributed by atoms with E-state index in [1.807, 2.05) is 5.32 Å².